The second kappa shape index (κ2) is 4.08. The van der Waals surface area contributed by atoms with Crippen LogP contribution >= 0.6 is 0 Å². The summed E-state index contributed by atoms with van der Waals surface area (Å²) < 4.78 is 1.44. The largest absolute Gasteiger partial charge is 0.382 e. The van der Waals surface area contributed by atoms with Crippen molar-refractivity contribution in [2.45, 2.75) is 26.7 Å². The minimum atomic E-state index is 0.231. The number of aryl methyl sites for hydroxylation is 1. The van der Waals surface area contributed by atoms with Gasteiger partial charge in [0.1, 0.15) is 11.5 Å². The van der Waals surface area contributed by atoms with Crippen molar-refractivity contribution < 1.29 is 0 Å². The van der Waals surface area contributed by atoms with Gasteiger partial charge >= 0.3 is 0 Å². The summed E-state index contributed by atoms with van der Waals surface area (Å²) in [5, 5.41) is 0. The minimum absolute atomic E-state index is 0.231. The van der Waals surface area contributed by atoms with Crippen LogP contribution in [0.15, 0.2) is 18.3 Å². The number of anilines is 1. The molecule has 2 aromatic rings. The normalized spacial score (nSPS) is 11.1. The molecule has 0 aliphatic heterocycles. The molecule has 0 aliphatic rings. The number of nitrogens with zero attached hydrogens (tertiary/aromatic N) is 3. The zero-order valence-corrected chi connectivity index (χ0v) is 10.3. The summed E-state index contributed by atoms with van der Waals surface area (Å²) in [5.41, 5.74) is 8.51. The first kappa shape index (κ1) is 11.4. The quantitative estimate of drug-likeness (QED) is 0.770. The number of nitrogens with two attached hydrogens (primary N) is 2. The Labute approximate surface area is 100 Å². The molecule has 0 aliphatic carbocycles. The van der Waals surface area contributed by atoms with Crippen LogP contribution in [0.25, 0.3) is 11.3 Å². The zero-order chi connectivity index (χ0) is 12.6. The average molecular weight is 231 g/mol. The monoisotopic (exact) mass is 231 g/mol. The van der Waals surface area contributed by atoms with Gasteiger partial charge in [-0.3, -0.25) is 4.98 Å². The highest BCUT2D eigenvalue weighted by molar-refractivity contribution is 5.70. The van der Waals surface area contributed by atoms with Crippen LogP contribution in [0.1, 0.15) is 31.3 Å². The lowest BCUT2D eigenvalue weighted by molar-refractivity contribution is 0.739. The first-order valence-electron chi connectivity index (χ1n) is 5.57. The van der Waals surface area contributed by atoms with E-state index < -0.39 is 0 Å². The molecule has 2 aromatic heterocycles. The highest BCUT2D eigenvalue weighted by Crippen LogP contribution is 2.27. The molecule has 0 bridgehead atoms. The molecular weight excluding hydrogens is 214 g/mol. The van der Waals surface area contributed by atoms with Crippen molar-refractivity contribution in [1.82, 2.24) is 14.6 Å². The third-order valence-electron chi connectivity index (χ3n) is 2.68. The van der Waals surface area contributed by atoms with Crippen molar-refractivity contribution in [1.29, 1.82) is 0 Å². The Morgan fingerprint density at radius 3 is 2.47 bits per heavy atom. The Morgan fingerprint density at radius 2 is 2.00 bits per heavy atom. The van der Waals surface area contributed by atoms with E-state index >= 15 is 0 Å². The third-order valence-corrected chi connectivity index (χ3v) is 2.68. The van der Waals surface area contributed by atoms with Gasteiger partial charge in [0, 0.05) is 23.4 Å². The van der Waals surface area contributed by atoms with Crippen LogP contribution in [0.2, 0.25) is 0 Å². The van der Waals surface area contributed by atoms with E-state index in [0.717, 1.165) is 17.1 Å². The Kier molecular flexibility index (Phi) is 2.75. The van der Waals surface area contributed by atoms with E-state index in [0.29, 0.717) is 11.5 Å². The fourth-order valence-electron chi connectivity index (χ4n) is 1.69. The van der Waals surface area contributed by atoms with Gasteiger partial charge in [0.25, 0.3) is 0 Å². The van der Waals surface area contributed by atoms with E-state index in [1.807, 2.05) is 32.9 Å². The topological polar surface area (TPSA) is 82.8 Å². The average Bonchev–Trinajstić information content (AvgIpc) is 2.58. The van der Waals surface area contributed by atoms with E-state index in [4.69, 9.17) is 11.6 Å². The number of imidazole rings is 1. The van der Waals surface area contributed by atoms with Crippen LogP contribution in [0.5, 0.6) is 0 Å². The summed E-state index contributed by atoms with van der Waals surface area (Å²) in [7, 11) is 0. The first-order valence-corrected chi connectivity index (χ1v) is 5.57. The Hall–Kier alpha value is -2.04. The second-order valence-corrected chi connectivity index (χ2v) is 4.42. The molecule has 4 N–H and O–H groups in total. The molecular formula is C12H17N5. The molecule has 0 spiro atoms. The fourth-order valence-corrected chi connectivity index (χ4v) is 1.69. The van der Waals surface area contributed by atoms with Crippen molar-refractivity contribution in [2.24, 2.45) is 0 Å². The number of rotatable bonds is 2. The summed E-state index contributed by atoms with van der Waals surface area (Å²) in [6, 6.07) is 3.88. The number of hydrogen-bond donors (Lipinski definition) is 2. The van der Waals surface area contributed by atoms with Crippen LogP contribution in [0.3, 0.4) is 0 Å². The molecule has 0 saturated carbocycles. The summed E-state index contributed by atoms with van der Waals surface area (Å²) in [4.78, 5) is 8.72. The van der Waals surface area contributed by atoms with Crippen LogP contribution in [0, 0.1) is 6.92 Å². The zero-order valence-electron chi connectivity index (χ0n) is 10.3. The molecule has 0 aromatic carbocycles. The molecule has 0 amide bonds. The lowest BCUT2D eigenvalue weighted by Gasteiger charge is -2.04. The third kappa shape index (κ3) is 1.95. The molecule has 0 unspecified atom stereocenters. The molecule has 0 radical (unpaired) electrons. The van der Waals surface area contributed by atoms with Crippen molar-refractivity contribution in [3.05, 3.63) is 29.8 Å². The predicted octanol–water partition coefficient (Wildman–Crippen LogP) is 1.67. The van der Waals surface area contributed by atoms with E-state index in [1.54, 1.807) is 6.20 Å². The van der Waals surface area contributed by atoms with Crippen molar-refractivity contribution in [3.8, 4) is 11.3 Å². The van der Waals surface area contributed by atoms with Gasteiger partial charge in [-0.05, 0) is 19.1 Å². The molecule has 90 valence electrons. The Morgan fingerprint density at radius 1 is 1.29 bits per heavy atom. The van der Waals surface area contributed by atoms with E-state index in [-0.39, 0.29) is 5.92 Å². The number of aromatic nitrogens is 3. The van der Waals surface area contributed by atoms with E-state index in [9.17, 15) is 0 Å². The molecule has 17 heavy (non-hydrogen) atoms. The van der Waals surface area contributed by atoms with Gasteiger partial charge in [0.2, 0.25) is 0 Å². The summed E-state index contributed by atoms with van der Waals surface area (Å²) in [5.74, 6) is 7.36. The van der Waals surface area contributed by atoms with Crippen molar-refractivity contribution in [2.75, 3.05) is 11.6 Å². The SMILES string of the molecule is Cc1ccc(-c2nc(C(C)C)n(N)c2N)cn1. The van der Waals surface area contributed by atoms with Gasteiger partial charge in [0.05, 0.1) is 0 Å². The highest BCUT2D eigenvalue weighted by atomic mass is 15.4. The van der Waals surface area contributed by atoms with Crippen LogP contribution in [0.4, 0.5) is 5.82 Å². The minimum Gasteiger partial charge on any atom is -0.382 e. The van der Waals surface area contributed by atoms with E-state index in [2.05, 4.69) is 9.97 Å². The standard InChI is InChI=1S/C12H17N5/c1-7(2)12-16-10(11(13)17(12)14)9-5-4-8(3)15-6-9/h4-7H,13-14H2,1-3H3. The van der Waals surface area contributed by atoms with Gasteiger partial charge in [-0.15, -0.1) is 0 Å². The van der Waals surface area contributed by atoms with E-state index in [1.165, 1.54) is 4.68 Å². The molecule has 5 heteroatoms. The van der Waals surface area contributed by atoms with Crippen LogP contribution in [-0.4, -0.2) is 14.6 Å². The van der Waals surface area contributed by atoms with Gasteiger partial charge < -0.3 is 11.6 Å². The van der Waals surface area contributed by atoms with Gasteiger partial charge in [-0.25, -0.2) is 9.66 Å². The maximum atomic E-state index is 5.96. The molecule has 2 rings (SSSR count). The smallest absolute Gasteiger partial charge is 0.150 e. The van der Waals surface area contributed by atoms with Crippen LogP contribution in [-0.2, 0) is 0 Å². The van der Waals surface area contributed by atoms with Crippen molar-refractivity contribution in [3.63, 3.8) is 0 Å². The van der Waals surface area contributed by atoms with Gasteiger partial charge in [-0.1, -0.05) is 13.8 Å². The fraction of sp³-hybridized carbons (Fsp3) is 0.333. The summed E-state index contributed by atoms with van der Waals surface area (Å²) in [6.07, 6.45) is 1.76. The molecule has 0 atom stereocenters. The lowest BCUT2D eigenvalue weighted by Crippen LogP contribution is -2.16. The van der Waals surface area contributed by atoms with Crippen molar-refractivity contribution >= 4 is 5.82 Å². The molecule has 0 fully saturated rings. The summed E-state index contributed by atoms with van der Waals surface area (Å²) in [6.45, 7) is 6.00. The lowest BCUT2D eigenvalue weighted by atomic mass is 10.2. The number of pyridine rings is 1. The maximum Gasteiger partial charge on any atom is 0.150 e. The van der Waals surface area contributed by atoms with Crippen LogP contribution < -0.4 is 11.6 Å². The Bertz CT molecular complexity index is 525. The van der Waals surface area contributed by atoms with Gasteiger partial charge in [-0.2, -0.15) is 0 Å². The second-order valence-electron chi connectivity index (χ2n) is 4.42. The molecule has 2 heterocycles. The number of nitrogen functional groups attached to an aromatic ring is 2. The highest BCUT2D eigenvalue weighted by Gasteiger charge is 2.16. The summed E-state index contributed by atoms with van der Waals surface area (Å²) >= 11 is 0. The Balaban J connectivity index is 2.53. The number of hydrogen-bond acceptors (Lipinski definition) is 4. The molecule has 0 saturated heterocycles. The van der Waals surface area contributed by atoms with Gasteiger partial charge in [0.15, 0.2) is 5.82 Å². The predicted molar refractivity (Wildman–Crippen MR) is 68.8 cm³/mol. The molecule has 5 nitrogen and oxygen atoms in total. The maximum absolute atomic E-state index is 5.96. The first-order chi connectivity index (χ1) is 8.00.